The average Bonchev–Trinajstić information content (AvgIpc) is 3.02. The van der Waals surface area contributed by atoms with Gasteiger partial charge >= 0.3 is 0 Å². The molecule has 2 amide bonds. The average molecular weight is 356 g/mol. The molecule has 2 heterocycles. The van der Waals surface area contributed by atoms with Gasteiger partial charge in [0.15, 0.2) is 0 Å². The Morgan fingerprint density at radius 2 is 1.77 bits per heavy atom. The number of rotatable bonds is 3. The second kappa shape index (κ2) is 7.09. The fourth-order valence-electron chi connectivity index (χ4n) is 3.27. The van der Waals surface area contributed by atoms with E-state index in [9.17, 15) is 9.59 Å². The van der Waals surface area contributed by atoms with Crippen molar-refractivity contribution in [2.75, 3.05) is 26.2 Å². The van der Waals surface area contributed by atoms with E-state index in [2.05, 4.69) is 30.7 Å². The molecule has 140 valence electrons. The second-order valence-corrected chi connectivity index (χ2v) is 8.18. The Morgan fingerprint density at radius 3 is 2.38 bits per heavy atom. The van der Waals surface area contributed by atoms with Gasteiger partial charge in [-0.25, -0.2) is 4.98 Å². The topological polar surface area (TPSA) is 69.3 Å². The SMILES string of the molecule is CCc1nc2ccc(C(=O)N3CCN(C(=O)CC(C)(C)C)CC3)cc2[nH]1. The van der Waals surface area contributed by atoms with Crippen LogP contribution in [-0.4, -0.2) is 57.8 Å². The molecule has 1 aromatic carbocycles. The first-order valence-corrected chi connectivity index (χ1v) is 9.32. The number of benzene rings is 1. The Balaban J connectivity index is 1.64. The maximum atomic E-state index is 12.8. The van der Waals surface area contributed by atoms with Gasteiger partial charge in [-0.2, -0.15) is 0 Å². The Hall–Kier alpha value is -2.37. The minimum Gasteiger partial charge on any atom is -0.342 e. The minimum atomic E-state index is -0.0130. The van der Waals surface area contributed by atoms with Crippen molar-refractivity contribution in [3.05, 3.63) is 29.6 Å². The Bertz CT molecular complexity index is 811. The number of piperazine rings is 1. The van der Waals surface area contributed by atoms with Gasteiger partial charge in [-0.05, 0) is 23.6 Å². The number of amides is 2. The highest BCUT2D eigenvalue weighted by Gasteiger charge is 2.27. The summed E-state index contributed by atoms with van der Waals surface area (Å²) in [6.07, 6.45) is 1.37. The molecule has 6 nitrogen and oxygen atoms in total. The molecule has 2 aromatic rings. The Labute approximate surface area is 154 Å². The Kier molecular flexibility index (Phi) is 5.03. The molecule has 0 saturated carbocycles. The van der Waals surface area contributed by atoms with Crippen molar-refractivity contribution >= 4 is 22.8 Å². The maximum Gasteiger partial charge on any atom is 0.254 e. The van der Waals surface area contributed by atoms with E-state index in [1.165, 1.54) is 0 Å². The fourth-order valence-corrected chi connectivity index (χ4v) is 3.27. The van der Waals surface area contributed by atoms with Crippen LogP contribution in [0.5, 0.6) is 0 Å². The van der Waals surface area contributed by atoms with E-state index in [4.69, 9.17) is 0 Å². The number of hydrogen-bond acceptors (Lipinski definition) is 3. The highest BCUT2D eigenvalue weighted by atomic mass is 16.2. The Morgan fingerprint density at radius 1 is 1.12 bits per heavy atom. The lowest BCUT2D eigenvalue weighted by Gasteiger charge is -2.36. The summed E-state index contributed by atoms with van der Waals surface area (Å²) in [6.45, 7) is 10.6. The largest absolute Gasteiger partial charge is 0.342 e. The van der Waals surface area contributed by atoms with E-state index < -0.39 is 0 Å². The number of H-pyrrole nitrogens is 1. The number of aryl methyl sites for hydroxylation is 1. The smallest absolute Gasteiger partial charge is 0.254 e. The summed E-state index contributed by atoms with van der Waals surface area (Å²) >= 11 is 0. The van der Waals surface area contributed by atoms with Crippen LogP contribution in [0.2, 0.25) is 0 Å². The number of imidazole rings is 1. The van der Waals surface area contributed by atoms with Crippen molar-refractivity contribution in [1.29, 1.82) is 0 Å². The number of aromatic amines is 1. The van der Waals surface area contributed by atoms with Gasteiger partial charge in [0.05, 0.1) is 11.0 Å². The number of hydrogen-bond donors (Lipinski definition) is 1. The van der Waals surface area contributed by atoms with Gasteiger partial charge in [0, 0.05) is 44.6 Å². The van der Waals surface area contributed by atoms with Gasteiger partial charge in [0.2, 0.25) is 5.91 Å². The van der Waals surface area contributed by atoms with Crippen molar-refractivity contribution in [3.8, 4) is 0 Å². The van der Waals surface area contributed by atoms with E-state index in [1.54, 1.807) is 0 Å². The summed E-state index contributed by atoms with van der Waals surface area (Å²) in [4.78, 5) is 36.6. The monoisotopic (exact) mass is 356 g/mol. The van der Waals surface area contributed by atoms with Crippen LogP contribution in [-0.2, 0) is 11.2 Å². The number of nitrogens with one attached hydrogen (secondary N) is 1. The number of fused-ring (bicyclic) bond motifs is 1. The molecule has 0 bridgehead atoms. The van der Waals surface area contributed by atoms with Crippen molar-refractivity contribution in [1.82, 2.24) is 19.8 Å². The molecule has 0 radical (unpaired) electrons. The van der Waals surface area contributed by atoms with Crippen LogP contribution < -0.4 is 0 Å². The first kappa shape index (κ1) is 18.4. The zero-order chi connectivity index (χ0) is 18.9. The van der Waals surface area contributed by atoms with Crippen molar-refractivity contribution < 1.29 is 9.59 Å². The number of carbonyl (C=O) groups is 2. The van der Waals surface area contributed by atoms with Crippen LogP contribution in [0.4, 0.5) is 0 Å². The summed E-state index contributed by atoms with van der Waals surface area (Å²) in [5.74, 6) is 1.12. The standard InChI is InChI=1S/C20H28N4O2/c1-5-17-21-15-7-6-14(12-16(15)22-17)19(26)24-10-8-23(9-11-24)18(25)13-20(2,3)4/h6-7,12H,5,8-11,13H2,1-4H3,(H,21,22). The highest BCUT2D eigenvalue weighted by Crippen LogP contribution is 2.21. The zero-order valence-corrected chi connectivity index (χ0v) is 16.1. The van der Waals surface area contributed by atoms with E-state index in [0.717, 1.165) is 23.3 Å². The number of carbonyl (C=O) groups excluding carboxylic acids is 2. The third-order valence-corrected chi connectivity index (χ3v) is 4.71. The molecule has 1 fully saturated rings. The van der Waals surface area contributed by atoms with Crippen LogP contribution in [0.3, 0.4) is 0 Å². The summed E-state index contributed by atoms with van der Waals surface area (Å²) in [6, 6.07) is 5.60. The first-order chi connectivity index (χ1) is 12.3. The maximum absolute atomic E-state index is 12.8. The van der Waals surface area contributed by atoms with Gasteiger partial charge in [-0.15, -0.1) is 0 Å². The minimum absolute atomic E-state index is 0.0130. The van der Waals surface area contributed by atoms with Gasteiger partial charge in [0.25, 0.3) is 5.91 Å². The van der Waals surface area contributed by atoms with Crippen LogP contribution in [0, 0.1) is 5.41 Å². The third-order valence-electron chi connectivity index (χ3n) is 4.71. The van der Waals surface area contributed by atoms with Gasteiger partial charge in [-0.3, -0.25) is 9.59 Å². The van der Waals surface area contributed by atoms with Crippen LogP contribution in [0.1, 0.15) is 50.3 Å². The van der Waals surface area contributed by atoms with E-state index in [0.29, 0.717) is 38.2 Å². The third kappa shape index (κ3) is 4.06. The van der Waals surface area contributed by atoms with Crippen molar-refractivity contribution in [3.63, 3.8) is 0 Å². The molecule has 6 heteroatoms. The normalized spacial score (nSPS) is 15.5. The summed E-state index contributed by atoms with van der Waals surface area (Å²) in [5, 5.41) is 0. The van der Waals surface area contributed by atoms with Crippen molar-refractivity contribution in [2.45, 2.75) is 40.5 Å². The first-order valence-electron chi connectivity index (χ1n) is 9.32. The number of nitrogens with zero attached hydrogens (tertiary/aromatic N) is 3. The lowest BCUT2D eigenvalue weighted by Crippen LogP contribution is -2.51. The van der Waals surface area contributed by atoms with Crippen LogP contribution in [0.15, 0.2) is 18.2 Å². The number of aromatic nitrogens is 2. The molecule has 0 unspecified atom stereocenters. The predicted octanol–water partition coefficient (Wildman–Crippen LogP) is 2.85. The van der Waals surface area contributed by atoms with Crippen LogP contribution in [0.25, 0.3) is 11.0 Å². The fraction of sp³-hybridized carbons (Fsp3) is 0.550. The van der Waals surface area contributed by atoms with E-state index >= 15 is 0 Å². The molecule has 0 atom stereocenters. The quantitative estimate of drug-likeness (QED) is 0.919. The van der Waals surface area contributed by atoms with Gasteiger partial charge < -0.3 is 14.8 Å². The predicted molar refractivity (Wildman–Crippen MR) is 102 cm³/mol. The van der Waals surface area contributed by atoms with Crippen LogP contribution >= 0.6 is 0 Å². The molecular formula is C20H28N4O2. The summed E-state index contributed by atoms with van der Waals surface area (Å²) in [5.41, 5.74) is 2.43. The molecule has 1 saturated heterocycles. The lowest BCUT2D eigenvalue weighted by atomic mass is 9.91. The lowest BCUT2D eigenvalue weighted by molar-refractivity contribution is -0.134. The molecular weight excluding hydrogens is 328 g/mol. The molecule has 26 heavy (non-hydrogen) atoms. The van der Waals surface area contributed by atoms with Gasteiger partial charge in [-0.1, -0.05) is 27.7 Å². The molecule has 3 rings (SSSR count). The van der Waals surface area contributed by atoms with E-state index in [-0.39, 0.29) is 17.2 Å². The molecule has 1 aliphatic rings. The zero-order valence-electron chi connectivity index (χ0n) is 16.1. The summed E-state index contributed by atoms with van der Waals surface area (Å²) < 4.78 is 0. The van der Waals surface area contributed by atoms with Crippen molar-refractivity contribution in [2.24, 2.45) is 5.41 Å². The highest BCUT2D eigenvalue weighted by molar-refractivity contribution is 5.97. The molecule has 1 aliphatic heterocycles. The second-order valence-electron chi connectivity index (χ2n) is 8.18. The van der Waals surface area contributed by atoms with E-state index in [1.807, 2.05) is 34.9 Å². The molecule has 1 aromatic heterocycles. The van der Waals surface area contributed by atoms with Gasteiger partial charge in [0.1, 0.15) is 5.82 Å². The molecule has 0 spiro atoms. The molecule has 0 aliphatic carbocycles. The molecule has 1 N–H and O–H groups in total. The summed E-state index contributed by atoms with van der Waals surface area (Å²) in [7, 11) is 0.